The van der Waals surface area contributed by atoms with Crippen LogP contribution in [-0.4, -0.2) is 25.1 Å². The Morgan fingerprint density at radius 1 is 1.53 bits per heavy atom. The van der Waals surface area contributed by atoms with Crippen molar-refractivity contribution in [2.24, 2.45) is 0 Å². The van der Waals surface area contributed by atoms with Crippen molar-refractivity contribution in [1.29, 1.82) is 0 Å². The minimum atomic E-state index is -2.87. The number of rotatable bonds is 6. The maximum Gasteiger partial charge on any atom is 0.231 e. The number of Topliss-reactive ketones (excluding diaryl/α,β-unsaturated/α-hetero) is 1. The second-order valence-electron chi connectivity index (χ2n) is 4.04. The lowest BCUT2D eigenvalue weighted by Gasteiger charge is -2.15. The normalized spacial score (nSPS) is 19.1. The van der Waals surface area contributed by atoms with E-state index in [2.05, 4.69) is 5.32 Å². The van der Waals surface area contributed by atoms with E-state index in [1.807, 2.05) is 6.92 Å². The largest absolute Gasteiger partial charge is 0.454 e. The monoisotopic (exact) mass is 290 g/mol. The van der Waals surface area contributed by atoms with Gasteiger partial charge in [-0.25, -0.2) is 0 Å². The molecule has 2 rings (SSSR count). The number of ketones is 1. The fraction of sp³-hybridized carbons (Fsp3) is 0.500. The maximum absolute atomic E-state index is 12.6. The SMILES string of the molecule is Cl.[2H]C([2H])([2H])C([2H])([2H])NC(CCC)C(=O)c1ccc2c(c1)OCO2. The van der Waals surface area contributed by atoms with E-state index < -0.39 is 19.4 Å². The quantitative estimate of drug-likeness (QED) is 0.819. The van der Waals surface area contributed by atoms with Crippen molar-refractivity contribution < 1.29 is 21.1 Å². The molecule has 1 aliphatic heterocycles. The number of carbonyl (C=O) groups excluding carboxylic acids is 1. The van der Waals surface area contributed by atoms with Crippen LogP contribution in [0, 0.1) is 0 Å². The summed E-state index contributed by atoms with van der Waals surface area (Å²) >= 11 is 0. The van der Waals surface area contributed by atoms with Gasteiger partial charge in [0, 0.05) is 12.4 Å². The molecule has 0 bridgehead atoms. The average molecular weight is 291 g/mol. The van der Waals surface area contributed by atoms with Gasteiger partial charge in [0.25, 0.3) is 0 Å². The van der Waals surface area contributed by atoms with E-state index in [1.165, 1.54) is 6.07 Å². The Kier molecular flexibility index (Phi) is 3.72. The summed E-state index contributed by atoms with van der Waals surface area (Å²) in [7, 11) is 0. The summed E-state index contributed by atoms with van der Waals surface area (Å²) in [5, 5.41) is 2.35. The molecule has 0 saturated carbocycles. The van der Waals surface area contributed by atoms with E-state index in [4.69, 9.17) is 16.3 Å². The first-order valence-corrected chi connectivity index (χ1v) is 5.87. The van der Waals surface area contributed by atoms with E-state index in [1.54, 1.807) is 12.1 Å². The Hall–Kier alpha value is -1.26. The number of fused-ring (bicyclic) bond motifs is 1. The number of likely N-dealkylation sites (N-methyl/N-ethyl adjacent to an activating group) is 1. The molecule has 0 amide bonds. The van der Waals surface area contributed by atoms with Crippen LogP contribution in [-0.2, 0) is 0 Å². The number of hydrogen-bond donors (Lipinski definition) is 1. The van der Waals surface area contributed by atoms with Crippen LogP contribution in [0.25, 0.3) is 0 Å². The molecule has 1 N–H and O–H groups in total. The van der Waals surface area contributed by atoms with Crippen LogP contribution in [0.3, 0.4) is 0 Å². The van der Waals surface area contributed by atoms with E-state index in [-0.39, 0.29) is 25.0 Å². The van der Waals surface area contributed by atoms with Gasteiger partial charge in [0.1, 0.15) is 0 Å². The molecule has 1 aromatic rings. The molecule has 19 heavy (non-hydrogen) atoms. The molecule has 1 heterocycles. The Balaban J connectivity index is 0.00000288. The number of halogens is 1. The van der Waals surface area contributed by atoms with Gasteiger partial charge in [0.15, 0.2) is 17.3 Å². The van der Waals surface area contributed by atoms with Gasteiger partial charge in [-0.2, -0.15) is 0 Å². The number of hydrogen-bond acceptors (Lipinski definition) is 4. The van der Waals surface area contributed by atoms with Gasteiger partial charge < -0.3 is 14.8 Å². The van der Waals surface area contributed by atoms with Crippen molar-refractivity contribution >= 4 is 18.2 Å². The van der Waals surface area contributed by atoms with Gasteiger partial charge in [0.05, 0.1) is 6.04 Å². The lowest BCUT2D eigenvalue weighted by atomic mass is 10.00. The third-order valence-electron chi connectivity index (χ3n) is 2.80. The van der Waals surface area contributed by atoms with Crippen molar-refractivity contribution in [3.05, 3.63) is 23.8 Å². The number of carbonyl (C=O) groups is 1. The Labute approximate surface area is 126 Å². The molecule has 1 aromatic carbocycles. The fourth-order valence-electron chi connectivity index (χ4n) is 1.90. The first-order valence-electron chi connectivity index (χ1n) is 8.37. The van der Waals surface area contributed by atoms with Gasteiger partial charge in [-0.15, -0.1) is 12.4 Å². The standard InChI is InChI=1S/C14H19NO3.ClH/c1-3-5-11(15-4-2)14(16)10-6-7-12-13(8-10)18-9-17-12;/h6-8,11,15H,3-5,9H2,1-2H3;1H/i2D3,4D2;. The van der Waals surface area contributed by atoms with Crippen molar-refractivity contribution in [2.45, 2.75) is 32.7 Å². The first kappa shape index (κ1) is 9.61. The highest BCUT2D eigenvalue weighted by Gasteiger charge is 2.21. The molecular weight excluding hydrogens is 266 g/mol. The maximum atomic E-state index is 12.6. The summed E-state index contributed by atoms with van der Waals surface area (Å²) in [6.45, 7) is -3.59. The first-order chi connectivity index (χ1) is 10.7. The molecule has 1 atom stereocenters. The second kappa shape index (κ2) is 7.36. The highest BCUT2D eigenvalue weighted by molar-refractivity contribution is 6.00. The number of benzene rings is 1. The van der Waals surface area contributed by atoms with Gasteiger partial charge >= 0.3 is 0 Å². The molecule has 0 radical (unpaired) electrons. The molecule has 106 valence electrons. The Bertz CT molecular complexity index is 594. The molecule has 0 saturated heterocycles. The van der Waals surface area contributed by atoms with Crippen LogP contribution >= 0.6 is 12.4 Å². The molecule has 0 aliphatic carbocycles. The van der Waals surface area contributed by atoms with Crippen LogP contribution < -0.4 is 14.8 Å². The fourth-order valence-corrected chi connectivity index (χ4v) is 1.90. The average Bonchev–Trinajstić information content (AvgIpc) is 2.92. The van der Waals surface area contributed by atoms with Crippen molar-refractivity contribution in [2.75, 3.05) is 13.3 Å². The Morgan fingerprint density at radius 2 is 2.32 bits per heavy atom. The van der Waals surface area contributed by atoms with Gasteiger partial charge in [-0.05, 0) is 31.1 Å². The number of ether oxygens (including phenoxy) is 2. The lowest BCUT2D eigenvalue weighted by molar-refractivity contribution is 0.0938. The van der Waals surface area contributed by atoms with Crippen molar-refractivity contribution in [1.82, 2.24) is 5.32 Å². The predicted molar refractivity (Wildman–Crippen MR) is 76.5 cm³/mol. The van der Waals surface area contributed by atoms with Crippen LogP contribution in [0.4, 0.5) is 0 Å². The van der Waals surface area contributed by atoms with E-state index in [9.17, 15) is 4.79 Å². The van der Waals surface area contributed by atoms with Gasteiger partial charge in [-0.3, -0.25) is 4.79 Å². The number of nitrogens with one attached hydrogen (secondary N) is 1. The highest BCUT2D eigenvalue weighted by Crippen LogP contribution is 2.32. The summed E-state index contributed by atoms with van der Waals surface area (Å²) in [4.78, 5) is 12.6. The smallest absolute Gasteiger partial charge is 0.231 e. The summed E-state index contributed by atoms with van der Waals surface area (Å²) in [5.74, 6) is 0.613. The molecular formula is C14H20ClNO3. The molecule has 1 aliphatic rings. The molecule has 1 unspecified atom stereocenters. The van der Waals surface area contributed by atoms with E-state index >= 15 is 0 Å². The lowest BCUT2D eigenvalue weighted by Crippen LogP contribution is -2.36. The molecule has 5 heteroatoms. The summed E-state index contributed by atoms with van der Waals surface area (Å²) in [5.41, 5.74) is 0.321. The summed E-state index contributed by atoms with van der Waals surface area (Å²) in [6.07, 6.45) is 0.925. The second-order valence-corrected chi connectivity index (χ2v) is 4.04. The van der Waals surface area contributed by atoms with E-state index in [0.29, 0.717) is 29.9 Å². The zero-order chi connectivity index (χ0) is 17.3. The van der Waals surface area contributed by atoms with E-state index in [0.717, 1.165) is 0 Å². The zero-order valence-corrected chi connectivity index (χ0v) is 11.4. The molecule has 4 nitrogen and oxygen atoms in total. The van der Waals surface area contributed by atoms with Crippen LogP contribution in [0.2, 0.25) is 0 Å². The topological polar surface area (TPSA) is 47.6 Å². The van der Waals surface area contributed by atoms with Gasteiger partial charge in [-0.1, -0.05) is 20.2 Å². The van der Waals surface area contributed by atoms with Crippen LogP contribution in [0.1, 0.15) is 43.8 Å². The van der Waals surface area contributed by atoms with Crippen LogP contribution in [0.15, 0.2) is 18.2 Å². The third-order valence-corrected chi connectivity index (χ3v) is 2.80. The zero-order valence-electron chi connectivity index (χ0n) is 15.6. The highest BCUT2D eigenvalue weighted by atomic mass is 35.5. The molecule has 0 aromatic heterocycles. The van der Waals surface area contributed by atoms with Crippen molar-refractivity contribution in [3.8, 4) is 11.5 Å². The minimum Gasteiger partial charge on any atom is -0.454 e. The minimum absolute atomic E-state index is 0. The van der Waals surface area contributed by atoms with Gasteiger partial charge in [0.2, 0.25) is 6.79 Å². The molecule has 0 spiro atoms. The summed E-state index contributed by atoms with van der Waals surface area (Å²) in [6, 6.07) is 3.76. The van der Waals surface area contributed by atoms with Crippen LogP contribution in [0.5, 0.6) is 11.5 Å². The van der Waals surface area contributed by atoms with Crippen molar-refractivity contribution in [3.63, 3.8) is 0 Å². The molecule has 0 fully saturated rings. The third kappa shape index (κ3) is 3.61. The predicted octanol–water partition coefficient (Wildman–Crippen LogP) is 2.80. The summed E-state index contributed by atoms with van der Waals surface area (Å²) < 4.78 is 47.5. The Morgan fingerprint density at radius 3 is 3.05 bits per heavy atom.